The highest BCUT2D eigenvalue weighted by molar-refractivity contribution is 6.32. The van der Waals surface area contributed by atoms with Crippen molar-refractivity contribution in [3.63, 3.8) is 0 Å². The van der Waals surface area contributed by atoms with Gasteiger partial charge in [0.05, 0.1) is 18.3 Å². The van der Waals surface area contributed by atoms with Crippen LogP contribution in [0.1, 0.15) is 54.4 Å². The summed E-state index contributed by atoms with van der Waals surface area (Å²) >= 11 is 6.37. The number of carboxylic acids is 1. The molecular weight excluding hydrogens is 503 g/mol. The summed E-state index contributed by atoms with van der Waals surface area (Å²) in [6.45, 7) is 0.328. The minimum Gasteiger partial charge on any atom is -0.481 e. The number of hydrogen-bond donors (Lipinski definition) is 1. The largest absolute Gasteiger partial charge is 0.481 e. The van der Waals surface area contributed by atoms with E-state index in [2.05, 4.69) is 5.10 Å². The van der Waals surface area contributed by atoms with E-state index in [4.69, 9.17) is 16.7 Å². The molecule has 2 aliphatic rings. The van der Waals surface area contributed by atoms with E-state index in [1.807, 2.05) is 36.4 Å². The Morgan fingerprint density at radius 3 is 2.39 bits per heavy atom. The summed E-state index contributed by atoms with van der Waals surface area (Å²) in [5.74, 6) is -0.417. The van der Waals surface area contributed by atoms with Gasteiger partial charge in [-0.15, -0.1) is 0 Å². The van der Waals surface area contributed by atoms with Crippen LogP contribution in [0, 0.1) is 23.1 Å². The first-order valence-electron chi connectivity index (χ1n) is 13.0. The average molecular weight is 531 g/mol. The third kappa shape index (κ3) is 4.73. The van der Waals surface area contributed by atoms with Crippen molar-refractivity contribution in [3.05, 3.63) is 88.8 Å². The Morgan fingerprint density at radius 2 is 1.71 bits per heavy atom. The SMILES string of the molecule is O=C(O)CC1CC2(C1)CC(CC(=O)c1cc(Cl)cc3cnn(Cc4ccc(-c5ccccc5)c(F)c4)c13)C2. The maximum absolute atomic E-state index is 15.0. The number of fused-ring (bicyclic) bond motifs is 1. The summed E-state index contributed by atoms with van der Waals surface area (Å²) in [5.41, 5.74) is 3.62. The first-order valence-corrected chi connectivity index (χ1v) is 13.4. The Balaban J connectivity index is 1.19. The predicted molar refractivity (Wildman–Crippen MR) is 145 cm³/mol. The molecule has 0 unspecified atom stereocenters. The highest BCUT2D eigenvalue weighted by atomic mass is 35.5. The number of nitrogens with zero attached hydrogens (tertiary/aromatic N) is 2. The number of rotatable bonds is 8. The molecule has 1 heterocycles. The molecule has 2 aliphatic carbocycles. The van der Waals surface area contributed by atoms with Crippen LogP contribution >= 0.6 is 11.6 Å². The fourth-order valence-electron chi connectivity index (χ4n) is 6.78. The van der Waals surface area contributed by atoms with Crippen LogP contribution in [0.25, 0.3) is 22.0 Å². The van der Waals surface area contributed by atoms with Gasteiger partial charge < -0.3 is 5.11 Å². The maximum Gasteiger partial charge on any atom is 0.303 e. The number of aliphatic carboxylic acids is 1. The minimum absolute atomic E-state index is 0.0334. The molecule has 0 bridgehead atoms. The molecule has 0 radical (unpaired) electrons. The third-order valence-corrected chi connectivity index (χ3v) is 8.49. The van der Waals surface area contributed by atoms with Gasteiger partial charge in [-0.05, 0) is 72.3 Å². The molecule has 2 saturated carbocycles. The smallest absolute Gasteiger partial charge is 0.303 e. The Bertz CT molecular complexity index is 1530. The zero-order valence-corrected chi connectivity index (χ0v) is 21.6. The second kappa shape index (κ2) is 9.66. The Kier molecular flexibility index (Phi) is 6.31. The molecule has 4 aromatic rings. The number of carbonyl (C=O) groups excluding carboxylic acids is 1. The Hall–Kier alpha value is -3.51. The average Bonchev–Trinajstić information content (AvgIpc) is 3.23. The minimum atomic E-state index is -0.729. The summed E-state index contributed by atoms with van der Waals surface area (Å²) in [6, 6.07) is 18.1. The van der Waals surface area contributed by atoms with Crippen LogP contribution < -0.4 is 0 Å². The lowest BCUT2D eigenvalue weighted by Crippen LogP contribution is -2.48. The molecule has 5 nitrogen and oxygen atoms in total. The van der Waals surface area contributed by atoms with Gasteiger partial charge in [0.15, 0.2) is 5.78 Å². The number of halogens is 2. The Labute approximate surface area is 225 Å². The van der Waals surface area contributed by atoms with Gasteiger partial charge >= 0.3 is 5.97 Å². The first-order chi connectivity index (χ1) is 18.3. The number of aromatic nitrogens is 2. The van der Waals surface area contributed by atoms with E-state index < -0.39 is 5.97 Å². The molecule has 1 N–H and O–H groups in total. The van der Waals surface area contributed by atoms with Gasteiger partial charge in [0.25, 0.3) is 0 Å². The fraction of sp³-hybridized carbons (Fsp3) is 0.323. The molecule has 7 heteroatoms. The number of Topliss-reactive ketones (excluding diaryl/α,β-unsaturated/α-hetero) is 1. The third-order valence-electron chi connectivity index (χ3n) is 8.27. The number of benzene rings is 3. The number of hydrogen-bond acceptors (Lipinski definition) is 3. The zero-order chi connectivity index (χ0) is 26.4. The van der Waals surface area contributed by atoms with E-state index in [1.165, 1.54) is 6.07 Å². The molecule has 1 spiro atoms. The van der Waals surface area contributed by atoms with Crippen molar-refractivity contribution in [1.29, 1.82) is 0 Å². The van der Waals surface area contributed by atoms with Crippen LogP contribution in [0.2, 0.25) is 5.02 Å². The summed E-state index contributed by atoms with van der Waals surface area (Å²) < 4.78 is 16.7. The number of ketones is 1. The highest BCUT2D eigenvalue weighted by Gasteiger charge is 2.53. The maximum atomic E-state index is 15.0. The van der Waals surface area contributed by atoms with Gasteiger partial charge in [0, 0.05) is 34.4 Å². The molecule has 0 aliphatic heterocycles. The molecule has 194 valence electrons. The lowest BCUT2D eigenvalue weighted by atomic mass is 9.47. The van der Waals surface area contributed by atoms with Crippen molar-refractivity contribution < 1.29 is 19.1 Å². The van der Waals surface area contributed by atoms with Gasteiger partial charge in [0.2, 0.25) is 0 Å². The van der Waals surface area contributed by atoms with Crippen molar-refractivity contribution in [2.24, 2.45) is 17.3 Å². The molecule has 6 rings (SSSR count). The van der Waals surface area contributed by atoms with Crippen LogP contribution in [0.3, 0.4) is 0 Å². The topological polar surface area (TPSA) is 72.2 Å². The predicted octanol–water partition coefficient (Wildman–Crippen LogP) is 7.40. The molecule has 0 amide bonds. The van der Waals surface area contributed by atoms with Crippen LogP contribution in [0.5, 0.6) is 0 Å². The molecule has 38 heavy (non-hydrogen) atoms. The zero-order valence-electron chi connectivity index (χ0n) is 20.9. The van der Waals surface area contributed by atoms with Gasteiger partial charge in [-0.1, -0.05) is 54.1 Å². The Morgan fingerprint density at radius 1 is 1.00 bits per heavy atom. The van der Waals surface area contributed by atoms with Crippen LogP contribution in [-0.4, -0.2) is 26.6 Å². The van der Waals surface area contributed by atoms with Crippen LogP contribution in [0.4, 0.5) is 4.39 Å². The molecule has 1 aromatic heterocycles. The number of carbonyl (C=O) groups is 2. The molecule has 3 aromatic carbocycles. The highest BCUT2D eigenvalue weighted by Crippen LogP contribution is 2.62. The van der Waals surface area contributed by atoms with E-state index in [0.29, 0.717) is 40.5 Å². The van der Waals surface area contributed by atoms with Gasteiger partial charge in [-0.25, -0.2) is 4.39 Å². The van der Waals surface area contributed by atoms with Crippen molar-refractivity contribution in [2.45, 2.75) is 45.1 Å². The van der Waals surface area contributed by atoms with Gasteiger partial charge in [0.1, 0.15) is 5.82 Å². The van der Waals surface area contributed by atoms with E-state index in [9.17, 15) is 14.0 Å². The van der Waals surface area contributed by atoms with E-state index >= 15 is 0 Å². The van der Waals surface area contributed by atoms with Crippen LogP contribution in [-0.2, 0) is 11.3 Å². The molecule has 0 saturated heterocycles. The standard InChI is InChI=1S/C31H28ClFN2O3/c32-24-11-23-17-34-35(18-19-6-7-25(27(33)8-19)22-4-2-1-3-5-22)30(23)26(12-24)28(36)9-20-13-31(14-20)15-21(16-31)10-29(37)38/h1-8,11-12,17,20-21H,9-10,13-16,18H2,(H,37,38). The van der Waals surface area contributed by atoms with Crippen molar-refractivity contribution in [1.82, 2.24) is 9.78 Å². The van der Waals surface area contributed by atoms with Crippen molar-refractivity contribution in [2.75, 3.05) is 0 Å². The molecular formula is C31H28ClFN2O3. The van der Waals surface area contributed by atoms with Crippen LogP contribution in [0.15, 0.2) is 66.9 Å². The lowest BCUT2D eigenvalue weighted by molar-refractivity contribution is -0.142. The second-order valence-electron chi connectivity index (χ2n) is 11.1. The summed E-state index contributed by atoms with van der Waals surface area (Å²) in [6.07, 6.45) is 6.24. The monoisotopic (exact) mass is 530 g/mol. The quantitative estimate of drug-likeness (QED) is 0.241. The van der Waals surface area contributed by atoms with E-state index in [1.54, 1.807) is 29.1 Å². The number of carboxylic acid groups (broad SMARTS) is 1. The van der Waals surface area contributed by atoms with E-state index in [0.717, 1.165) is 42.2 Å². The first kappa shape index (κ1) is 24.8. The second-order valence-corrected chi connectivity index (χ2v) is 11.6. The molecule has 2 fully saturated rings. The fourth-order valence-corrected chi connectivity index (χ4v) is 7.01. The lowest BCUT2D eigenvalue weighted by Gasteiger charge is -2.58. The normalized spacial score (nSPS) is 22.3. The summed E-state index contributed by atoms with van der Waals surface area (Å²) in [5, 5.41) is 14.8. The summed E-state index contributed by atoms with van der Waals surface area (Å²) in [4.78, 5) is 24.4. The summed E-state index contributed by atoms with van der Waals surface area (Å²) in [7, 11) is 0. The van der Waals surface area contributed by atoms with Gasteiger partial charge in [-0.2, -0.15) is 5.10 Å². The molecule has 0 atom stereocenters. The van der Waals surface area contributed by atoms with Gasteiger partial charge in [-0.3, -0.25) is 14.3 Å². The van der Waals surface area contributed by atoms with Crippen molar-refractivity contribution in [3.8, 4) is 11.1 Å². The van der Waals surface area contributed by atoms with E-state index in [-0.39, 0.29) is 29.4 Å². The van der Waals surface area contributed by atoms with Crippen molar-refractivity contribution >= 4 is 34.3 Å².